The molecule has 0 aromatic heterocycles. The molecule has 0 aromatic carbocycles. The Bertz CT molecular complexity index is 117. The highest BCUT2D eigenvalue weighted by Crippen LogP contribution is 2.34. The molecule has 0 aliphatic carbocycles. The third-order valence-corrected chi connectivity index (χ3v) is 3.75. The molecule has 3 atom stereocenters. The second-order valence-electron chi connectivity index (χ2n) is 4.45. The van der Waals surface area contributed by atoms with Crippen LogP contribution in [-0.4, -0.2) is 0 Å². The lowest BCUT2D eigenvalue weighted by Crippen LogP contribution is -2.22. The highest BCUT2D eigenvalue weighted by atomic mass is 14.3. The topological polar surface area (TPSA) is 0 Å². The first-order valence-electron chi connectivity index (χ1n) is 5.91. The van der Waals surface area contributed by atoms with Gasteiger partial charge in [0.05, 0.1) is 0 Å². The van der Waals surface area contributed by atoms with E-state index in [0.717, 1.165) is 17.8 Å². The van der Waals surface area contributed by atoms with E-state index in [1.807, 2.05) is 0 Å². The highest BCUT2D eigenvalue weighted by Gasteiger charge is 2.24. The fourth-order valence-corrected chi connectivity index (χ4v) is 2.15. The van der Waals surface area contributed by atoms with Crippen molar-refractivity contribution in [2.45, 2.75) is 60.8 Å². The van der Waals surface area contributed by atoms with Crippen LogP contribution in [0, 0.1) is 23.7 Å². The predicted octanol–water partition coefficient (Wildman–Crippen LogP) is 4.70. The summed E-state index contributed by atoms with van der Waals surface area (Å²) in [5.41, 5.74) is 0. The van der Waals surface area contributed by atoms with Crippen molar-refractivity contribution < 1.29 is 0 Å². The number of hydrogen-bond acceptors (Lipinski definition) is 0. The van der Waals surface area contributed by atoms with Crippen molar-refractivity contribution in [3.05, 3.63) is 5.92 Å². The van der Waals surface area contributed by atoms with E-state index >= 15 is 0 Å². The molecule has 0 saturated heterocycles. The fraction of sp³-hybridized carbons (Fsp3) is 0.923. The van der Waals surface area contributed by atoms with Gasteiger partial charge in [0.2, 0.25) is 0 Å². The van der Waals surface area contributed by atoms with Gasteiger partial charge in [-0.15, -0.1) is 0 Å². The minimum Gasteiger partial charge on any atom is -0.0651 e. The summed E-state index contributed by atoms with van der Waals surface area (Å²) in [6.07, 6.45) is 3.91. The summed E-state index contributed by atoms with van der Waals surface area (Å²) in [5, 5.41) is 0. The second kappa shape index (κ2) is 6.45. The van der Waals surface area contributed by atoms with Crippen LogP contribution in [0.2, 0.25) is 0 Å². The molecule has 0 amide bonds. The second-order valence-corrected chi connectivity index (χ2v) is 4.45. The molecule has 79 valence electrons. The lowest BCUT2D eigenvalue weighted by Gasteiger charge is -2.31. The molecule has 0 bridgehead atoms. The molecule has 0 heterocycles. The summed E-state index contributed by atoms with van der Waals surface area (Å²) in [6.45, 7) is 14.0. The molecule has 0 rings (SSSR count). The Morgan fingerprint density at radius 1 is 0.923 bits per heavy atom. The monoisotopic (exact) mass is 183 g/mol. The van der Waals surface area contributed by atoms with Crippen molar-refractivity contribution in [1.29, 1.82) is 0 Å². The van der Waals surface area contributed by atoms with Crippen LogP contribution in [0.15, 0.2) is 0 Å². The highest BCUT2D eigenvalue weighted by molar-refractivity contribution is 4.97. The Morgan fingerprint density at radius 3 is 1.77 bits per heavy atom. The van der Waals surface area contributed by atoms with Crippen LogP contribution in [0.3, 0.4) is 0 Å². The maximum atomic E-state index is 2.39. The molecule has 0 aliphatic heterocycles. The molecular formula is C13H27. The zero-order valence-electron chi connectivity index (χ0n) is 10.4. The van der Waals surface area contributed by atoms with Crippen LogP contribution in [-0.2, 0) is 0 Å². The summed E-state index contributed by atoms with van der Waals surface area (Å²) >= 11 is 0. The number of hydrogen-bond donors (Lipinski definition) is 0. The summed E-state index contributed by atoms with van der Waals surface area (Å²) in [6, 6.07) is 0. The van der Waals surface area contributed by atoms with Crippen LogP contribution < -0.4 is 0 Å². The van der Waals surface area contributed by atoms with E-state index in [9.17, 15) is 0 Å². The van der Waals surface area contributed by atoms with E-state index in [4.69, 9.17) is 0 Å². The molecule has 0 heteroatoms. The lowest BCUT2D eigenvalue weighted by molar-refractivity contribution is 0.309. The molecule has 0 nitrogen and oxygen atoms in total. The molecule has 13 heavy (non-hydrogen) atoms. The Kier molecular flexibility index (Phi) is 6.45. The summed E-state index contributed by atoms with van der Waals surface area (Å²) in [5.74, 6) is 4.23. The average molecular weight is 183 g/mol. The van der Waals surface area contributed by atoms with Crippen molar-refractivity contribution in [2.24, 2.45) is 17.8 Å². The molecule has 0 aliphatic rings. The third-order valence-electron chi connectivity index (χ3n) is 3.75. The van der Waals surface area contributed by atoms with Crippen LogP contribution in [0.1, 0.15) is 60.8 Å². The molecule has 0 saturated carbocycles. The first kappa shape index (κ1) is 13.0. The van der Waals surface area contributed by atoms with Gasteiger partial charge in [-0.3, -0.25) is 0 Å². The summed E-state index contributed by atoms with van der Waals surface area (Å²) in [4.78, 5) is 0. The SMILES string of the molecule is CCC(C)[C](C)C(CC)C(C)CC. The van der Waals surface area contributed by atoms with Crippen molar-refractivity contribution in [1.82, 2.24) is 0 Å². The van der Waals surface area contributed by atoms with Crippen molar-refractivity contribution in [3.63, 3.8) is 0 Å². The lowest BCUT2D eigenvalue weighted by atomic mass is 9.74. The van der Waals surface area contributed by atoms with Gasteiger partial charge in [0.1, 0.15) is 0 Å². The quantitative estimate of drug-likeness (QED) is 0.560. The zero-order valence-corrected chi connectivity index (χ0v) is 10.4. The van der Waals surface area contributed by atoms with Crippen molar-refractivity contribution in [3.8, 4) is 0 Å². The van der Waals surface area contributed by atoms with Gasteiger partial charge in [-0.25, -0.2) is 0 Å². The minimum absolute atomic E-state index is 0.805. The van der Waals surface area contributed by atoms with Crippen molar-refractivity contribution >= 4 is 0 Å². The standard InChI is InChI=1S/C13H27/c1-7-10(4)12(6)13(9-3)11(5)8-2/h10-11,13H,7-9H2,1-6H3. The maximum absolute atomic E-state index is 2.39. The normalized spacial score (nSPS) is 18.7. The van der Waals surface area contributed by atoms with E-state index < -0.39 is 0 Å². The summed E-state index contributed by atoms with van der Waals surface area (Å²) < 4.78 is 0. The van der Waals surface area contributed by atoms with Crippen LogP contribution in [0.4, 0.5) is 0 Å². The van der Waals surface area contributed by atoms with Gasteiger partial charge in [0, 0.05) is 0 Å². The van der Waals surface area contributed by atoms with Gasteiger partial charge in [-0.2, -0.15) is 0 Å². The average Bonchev–Trinajstić information content (AvgIpc) is 2.17. The Balaban J connectivity index is 4.21. The Labute approximate surface area is 85.1 Å². The van der Waals surface area contributed by atoms with Gasteiger partial charge in [-0.05, 0) is 23.7 Å². The molecule has 1 radical (unpaired) electrons. The first-order chi connectivity index (χ1) is 6.08. The van der Waals surface area contributed by atoms with Crippen LogP contribution in [0.25, 0.3) is 0 Å². The van der Waals surface area contributed by atoms with Gasteiger partial charge in [0.25, 0.3) is 0 Å². The zero-order chi connectivity index (χ0) is 10.4. The Hall–Kier alpha value is 0. The van der Waals surface area contributed by atoms with E-state index in [1.165, 1.54) is 19.3 Å². The van der Waals surface area contributed by atoms with Crippen LogP contribution >= 0.6 is 0 Å². The third kappa shape index (κ3) is 3.70. The largest absolute Gasteiger partial charge is 0.0651 e. The van der Waals surface area contributed by atoms with Gasteiger partial charge in [-0.1, -0.05) is 60.8 Å². The minimum atomic E-state index is 0.805. The molecule has 0 aromatic rings. The maximum Gasteiger partial charge on any atom is -0.0210 e. The fourth-order valence-electron chi connectivity index (χ4n) is 2.15. The molecule has 0 spiro atoms. The van der Waals surface area contributed by atoms with Gasteiger partial charge < -0.3 is 0 Å². The smallest absolute Gasteiger partial charge is 0.0210 e. The first-order valence-corrected chi connectivity index (χ1v) is 5.91. The Morgan fingerprint density at radius 2 is 1.46 bits per heavy atom. The molecule has 3 unspecified atom stereocenters. The summed E-state index contributed by atoms with van der Waals surface area (Å²) in [7, 11) is 0. The number of rotatable bonds is 6. The van der Waals surface area contributed by atoms with E-state index in [-0.39, 0.29) is 0 Å². The van der Waals surface area contributed by atoms with Crippen molar-refractivity contribution in [2.75, 3.05) is 0 Å². The molecule has 0 N–H and O–H groups in total. The van der Waals surface area contributed by atoms with E-state index in [1.54, 1.807) is 5.92 Å². The van der Waals surface area contributed by atoms with E-state index in [2.05, 4.69) is 41.5 Å². The molecular weight excluding hydrogens is 156 g/mol. The van der Waals surface area contributed by atoms with Gasteiger partial charge >= 0.3 is 0 Å². The molecule has 0 fully saturated rings. The van der Waals surface area contributed by atoms with Gasteiger partial charge in [0.15, 0.2) is 0 Å². The van der Waals surface area contributed by atoms with Crippen LogP contribution in [0.5, 0.6) is 0 Å². The van der Waals surface area contributed by atoms with E-state index in [0.29, 0.717) is 0 Å². The predicted molar refractivity (Wildman–Crippen MR) is 61.6 cm³/mol.